The summed E-state index contributed by atoms with van der Waals surface area (Å²) in [7, 11) is 0. The first-order valence-corrected chi connectivity index (χ1v) is 6.47. The van der Waals surface area contributed by atoms with Gasteiger partial charge in [-0.1, -0.05) is 32.0 Å². The SMILES string of the molecule is Cc1ccc(COCCCNC(C)C)cc1C. The van der Waals surface area contributed by atoms with Gasteiger partial charge in [0.25, 0.3) is 0 Å². The predicted octanol–water partition coefficient (Wildman–Crippen LogP) is 3.21. The van der Waals surface area contributed by atoms with Crippen molar-refractivity contribution in [3.05, 3.63) is 34.9 Å². The van der Waals surface area contributed by atoms with E-state index in [1.807, 2.05) is 0 Å². The second-order valence-corrected chi connectivity index (χ2v) is 4.93. The topological polar surface area (TPSA) is 21.3 Å². The van der Waals surface area contributed by atoms with Crippen LogP contribution in [0.5, 0.6) is 0 Å². The van der Waals surface area contributed by atoms with Crippen LogP contribution in [-0.4, -0.2) is 19.2 Å². The zero-order valence-corrected chi connectivity index (χ0v) is 11.5. The minimum absolute atomic E-state index is 0.565. The van der Waals surface area contributed by atoms with Gasteiger partial charge in [0.05, 0.1) is 6.61 Å². The summed E-state index contributed by atoms with van der Waals surface area (Å²) in [5, 5.41) is 3.38. The van der Waals surface area contributed by atoms with Crippen LogP contribution in [0.2, 0.25) is 0 Å². The quantitative estimate of drug-likeness (QED) is 0.733. The van der Waals surface area contributed by atoms with Gasteiger partial charge in [-0.2, -0.15) is 0 Å². The van der Waals surface area contributed by atoms with Crippen molar-refractivity contribution in [2.75, 3.05) is 13.2 Å². The van der Waals surface area contributed by atoms with Crippen LogP contribution < -0.4 is 5.32 Å². The van der Waals surface area contributed by atoms with Gasteiger partial charge in [-0.3, -0.25) is 0 Å². The van der Waals surface area contributed by atoms with Gasteiger partial charge in [-0.15, -0.1) is 0 Å². The van der Waals surface area contributed by atoms with E-state index in [0.29, 0.717) is 6.04 Å². The molecule has 1 aromatic rings. The first-order chi connectivity index (χ1) is 8.09. The summed E-state index contributed by atoms with van der Waals surface area (Å²) in [6.45, 7) is 11.2. The molecule has 0 atom stereocenters. The van der Waals surface area contributed by atoms with Crippen LogP contribution in [0.3, 0.4) is 0 Å². The van der Waals surface area contributed by atoms with Crippen LogP contribution >= 0.6 is 0 Å². The van der Waals surface area contributed by atoms with Gasteiger partial charge in [-0.25, -0.2) is 0 Å². The summed E-state index contributed by atoms with van der Waals surface area (Å²) in [6, 6.07) is 7.08. The van der Waals surface area contributed by atoms with Gasteiger partial charge >= 0.3 is 0 Å². The molecule has 0 spiro atoms. The number of nitrogens with one attached hydrogen (secondary N) is 1. The van der Waals surface area contributed by atoms with E-state index in [1.165, 1.54) is 16.7 Å². The molecule has 1 aromatic carbocycles. The molecule has 0 aliphatic carbocycles. The van der Waals surface area contributed by atoms with E-state index < -0.39 is 0 Å². The van der Waals surface area contributed by atoms with Crippen molar-refractivity contribution in [2.24, 2.45) is 0 Å². The zero-order chi connectivity index (χ0) is 12.7. The average Bonchev–Trinajstić information content (AvgIpc) is 2.27. The van der Waals surface area contributed by atoms with Crippen molar-refractivity contribution in [3.8, 4) is 0 Å². The molecule has 0 fully saturated rings. The van der Waals surface area contributed by atoms with E-state index in [-0.39, 0.29) is 0 Å². The Morgan fingerprint density at radius 3 is 2.59 bits per heavy atom. The highest BCUT2D eigenvalue weighted by Gasteiger charge is 1.97. The number of hydrogen-bond donors (Lipinski definition) is 1. The minimum Gasteiger partial charge on any atom is -0.377 e. The molecule has 2 nitrogen and oxygen atoms in total. The normalized spacial score (nSPS) is 11.1. The van der Waals surface area contributed by atoms with E-state index in [1.54, 1.807) is 0 Å². The van der Waals surface area contributed by atoms with Gasteiger partial charge in [0.2, 0.25) is 0 Å². The molecular weight excluding hydrogens is 210 g/mol. The van der Waals surface area contributed by atoms with Crippen molar-refractivity contribution in [3.63, 3.8) is 0 Å². The minimum atomic E-state index is 0.565. The average molecular weight is 235 g/mol. The Hall–Kier alpha value is -0.860. The highest BCUT2D eigenvalue weighted by Crippen LogP contribution is 2.10. The smallest absolute Gasteiger partial charge is 0.0716 e. The molecule has 0 aliphatic heterocycles. The third-order valence-electron chi connectivity index (χ3n) is 2.86. The van der Waals surface area contributed by atoms with Gasteiger partial charge in [0.15, 0.2) is 0 Å². The summed E-state index contributed by atoms with van der Waals surface area (Å²) in [5.41, 5.74) is 3.95. The number of aryl methyl sites for hydroxylation is 2. The van der Waals surface area contributed by atoms with Crippen molar-refractivity contribution in [1.29, 1.82) is 0 Å². The maximum Gasteiger partial charge on any atom is 0.0716 e. The summed E-state index contributed by atoms with van der Waals surface area (Å²) in [5.74, 6) is 0. The Balaban J connectivity index is 2.16. The first kappa shape index (κ1) is 14.2. The molecule has 0 radical (unpaired) electrons. The highest BCUT2D eigenvalue weighted by molar-refractivity contribution is 5.29. The van der Waals surface area contributed by atoms with E-state index in [4.69, 9.17) is 4.74 Å². The monoisotopic (exact) mass is 235 g/mol. The van der Waals surface area contributed by atoms with Crippen molar-refractivity contribution in [1.82, 2.24) is 5.32 Å². The third-order valence-corrected chi connectivity index (χ3v) is 2.86. The van der Waals surface area contributed by atoms with E-state index in [2.05, 4.69) is 51.2 Å². The summed E-state index contributed by atoms with van der Waals surface area (Å²) in [6.07, 6.45) is 1.07. The molecule has 0 bridgehead atoms. The molecule has 0 aromatic heterocycles. The maximum atomic E-state index is 5.66. The molecule has 0 saturated heterocycles. The molecule has 1 rings (SSSR count). The third kappa shape index (κ3) is 5.85. The van der Waals surface area contributed by atoms with Crippen LogP contribution in [0.25, 0.3) is 0 Å². The molecule has 1 N–H and O–H groups in total. The largest absolute Gasteiger partial charge is 0.377 e. The van der Waals surface area contributed by atoms with Gasteiger partial charge in [0.1, 0.15) is 0 Å². The van der Waals surface area contributed by atoms with Gasteiger partial charge < -0.3 is 10.1 Å². The fraction of sp³-hybridized carbons (Fsp3) is 0.600. The van der Waals surface area contributed by atoms with Crippen molar-refractivity contribution >= 4 is 0 Å². The van der Waals surface area contributed by atoms with Crippen LogP contribution in [0, 0.1) is 13.8 Å². The standard InChI is InChI=1S/C15H25NO/c1-12(2)16-8-5-9-17-11-15-7-6-13(3)14(4)10-15/h6-7,10,12,16H,5,8-9,11H2,1-4H3. The van der Waals surface area contributed by atoms with E-state index >= 15 is 0 Å². The highest BCUT2D eigenvalue weighted by atomic mass is 16.5. The summed E-state index contributed by atoms with van der Waals surface area (Å²) in [4.78, 5) is 0. The molecule has 96 valence electrons. The molecular formula is C15H25NO. The summed E-state index contributed by atoms with van der Waals surface area (Å²) < 4.78 is 5.66. The van der Waals surface area contributed by atoms with Gasteiger partial charge in [0, 0.05) is 12.6 Å². The second-order valence-electron chi connectivity index (χ2n) is 4.93. The Labute approximate surface area is 105 Å². The Morgan fingerprint density at radius 2 is 1.94 bits per heavy atom. The van der Waals surface area contributed by atoms with E-state index in [9.17, 15) is 0 Å². The number of ether oxygens (including phenoxy) is 1. The lowest BCUT2D eigenvalue weighted by Gasteiger charge is -2.09. The van der Waals surface area contributed by atoms with E-state index in [0.717, 1.165) is 26.2 Å². The van der Waals surface area contributed by atoms with Crippen LogP contribution in [-0.2, 0) is 11.3 Å². The lowest BCUT2D eigenvalue weighted by Crippen LogP contribution is -2.24. The number of benzene rings is 1. The Kier molecular flexibility index (Phi) is 6.23. The van der Waals surface area contributed by atoms with Crippen LogP contribution in [0.15, 0.2) is 18.2 Å². The fourth-order valence-electron chi connectivity index (χ4n) is 1.65. The molecule has 0 unspecified atom stereocenters. The molecule has 0 aliphatic rings. The lowest BCUT2D eigenvalue weighted by molar-refractivity contribution is 0.118. The van der Waals surface area contributed by atoms with Crippen molar-refractivity contribution < 1.29 is 4.74 Å². The molecule has 17 heavy (non-hydrogen) atoms. The Morgan fingerprint density at radius 1 is 1.18 bits per heavy atom. The number of rotatable bonds is 7. The number of hydrogen-bond acceptors (Lipinski definition) is 2. The second kappa shape index (κ2) is 7.46. The van der Waals surface area contributed by atoms with Crippen LogP contribution in [0.1, 0.15) is 37.0 Å². The lowest BCUT2D eigenvalue weighted by atomic mass is 10.1. The predicted molar refractivity (Wildman–Crippen MR) is 73.3 cm³/mol. The van der Waals surface area contributed by atoms with Crippen molar-refractivity contribution in [2.45, 2.75) is 46.8 Å². The molecule has 0 amide bonds. The maximum absolute atomic E-state index is 5.66. The first-order valence-electron chi connectivity index (χ1n) is 6.47. The molecule has 0 saturated carbocycles. The van der Waals surface area contributed by atoms with Gasteiger partial charge in [-0.05, 0) is 43.5 Å². The van der Waals surface area contributed by atoms with Crippen LogP contribution in [0.4, 0.5) is 0 Å². The Bertz CT molecular complexity index is 334. The zero-order valence-electron chi connectivity index (χ0n) is 11.5. The summed E-state index contributed by atoms with van der Waals surface area (Å²) >= 11 is 0. The fourth-order valence-corrected chi connectivity index (χ4v) is 1.65. The molecule has 2 heteroatoms. The molecule has 0 heterocycles.